The standard InChI is InChI=1S/C9H10ClNO3.ClH/c10-7-2-1-6(12)3-5(7)4-8(11)9(13)14;/h1-3,8,12H,4,11H2,(H,13,14);1H/t8-;/m0./s1. The first-order valence-corrected chi connectivity index (χ1v) is 4.34. The minimum Gasteiger partial charge on any atom is -0.508 e. The fraction of sp³-hybridized carbons (Fsp3) is 0.222. The predicted octanol–water partition coefficient (Wildman–Crippen LogP) is 1.42. The van der Waals surface area contributed by atoms with Gasteiger partial charge in [0.15, 0.2) is 0 Å². The van der Waals surface area contributed by atoms with Crippen molar-refractivity contribution in [1.29, 1.82) is 0 Å². The number of phenolic OH excluding ortho intramolecular Hbond substituents is 1. The van der Waals surface area contributed by atoms with Crippen molar-refractivity contribution in [1.82, 2.24) is 0 Å². The zero-order valence-corrected chi connectivity index (χ0v) is 9.26. The lowest BCUT2D eigenvalue weighted by atomic mass is 10.1. The molecule has 4 nitrogen and oxygen atoms in total. The number of carboxylic acid groups (broad SMARTS) is 1. The van der Waals surface area contributed by atoms with Gasteiger partial charge in [0, 0.05) is 5.02 Å². The zero-order valence-electron chi connectivity index (χ0n) is 7.68. The van der Waals surface area contributed by atoms with E-state index in [9.17, 15) is 4.79 Å². The number of aromatic hydroxyl groups is 1. The molecule has 0 aliphatic rings. The predicted molar refractivity (Wildman–Crippen MR) is 59.7 cm³/mol. The van der Waals surface area contributed by atoms with Crippen molar-refractivity contribution >= 4 is 30.0 Å². The average Bonchev–Trinajstić information content (AvgIpc) is 2.11. The molecule has 0 aliphatic heterocycles. The maximum Gasteiger partial charge on any atom is 0.320 e. The van der Waals surface area contributed by atoms with E-state index in [-0.39, 0.29) is 24.6 Å². The summed E-state index contributed by atoms with van der Waals surface area (Å²) in [4.78, 5) is 10.5. The molecule has 0 heterocycles. The van der Waals surface area contributed by atoms with Crippen LogP contribution in [0.4, 0.5) is 0 Å². The van der Waals surface area contributed by atoms with Crippen LogP contribution in [0.2, 0.25) is 5.02 Å². The van der Waals surface area contributed by atoms with Crippen LogP contribution in [0.5, 0.6) is 5.75 Å². The molecule has 84 valence electrons. The zero-order chi connectivity index (χ0) is 10.7. The monoisotopic (exact) mass is 251 g/mol. The van der Waals surface area contributed by atoms with Crippen molar-refractivity contribution < 1.29 is 15.0 Å². The van der Waals surface area contributed by atoms with Crippen LogP contribution in [-0.2, 0) is 11.2 Å². The summed E-state index contributed by atoms with van der Waals surface area (Å²) in [6, 6.07) is 3.33. The Morgan fingerprint density at radius 3 is 2.67 bits per heavy atom. The molecule has 0 amide bonds. The van der Waals surface area contributed by atoms with Crippen LogP contribution < -0.4 is 5.73 Å². The molecular weight excluding hydrogens is 241 g/mol. The number of hydrogen-bond acceptors (Lipinski definition) is 3. The van der Waals surface area contributed by atoms with Crippen LogP contribution in [-0.4, -0.2) is 22.2 Å². The second kappa shape index (κ2) is 5.80. The summed E-state index contributed by atoms with van der Waals surface area (Å²) in [5, 5.41) is 18.1. The smallest absolute Gasteiger partial charge is 0.320 e. The van der Waals surface area contributed by atoms with E-state index in [0.717, 1.165) is 0 Å². The van der Waals surface area contributed by atoms with Gasteiger partial charge >= 0.3 is 5.97 Å². The summed E-state index contributed by atoms with van der Waals surface area (Å²) < 4.78 is 0. The summed E-state index contributed by atoms with van der Waals surface area (Å²) in [5.74, 6) is -1.05. The van der Waals surface area contributed by atoms with Crippen molar-refractivity contribution in [2.24, 2.45) is 5.73 Å². The summed E-state index contributed by atoms with van der Waals surface area (Å²) in [7, 11) is 0. The van der Waals surface area contributed by atoms with E-state index >= 15 is 0 Å². The van der Waals surface area contributed by atoms with Gasteiger partial charge in [-0.3, -0.25) is 4.79 Å². The van der Waals surface area contributed by atoms with Crippen molar-refractivity contribution in [2.75, 3.05) is 0 Å². The number of halogens is 2. The molecule has 0 aromatic heterocycles. The van der Waals surface area contributed by atoms with E-state index < -0.39 is 12.0 Å². The lowest BCUT2D eigenvalue weighted by Crippen LogP contribution is -2.32. The number of carboxylic acids is 1. The molecule has 15 heavy (non-hydrogen) atoms. The highest BCUT2D eigenvalue weighted by Crippen LogP contribution is 2.22. The Morgan fingerprint density at radius 2 is 2.13 bits per heavy atom. The van der Waals surface area contributed by atoms with Crippen LogP contribution in [0, 0.1) is 0 Å². The summed E-state index contributed by atoms with van der Waals surface area (Å²) in [5.41, 5.74) is 5.86. The van der Waals surface area contributed by atoms with Crippen molar-refractivity contribution in [3.63, 3.8) is 0 Å². The summed E-state index contributed by atoms with van der Waals surface area (Å²) >= 11 is 5.79. The molecule has 0 fully saturated rings. The quantitative estimate of drug-likeness (QED) is 0.759. The van der Waals surface area contributed by atoms with Crippen molar-refractivity contribution in [3.05, 3.63) is 28.8 Å². The SMILES string of the molecule is Cl.N[C@@H](Cc1cc(O)ccc1Cl)C(=O)O. The molecule has 0 bridgehead atoms. The maximum absolute atomic E-state index is 10.5. The van der Waals surface area contributed by atoms with Crippen molar-refractivity contribution in [3.8, 4) is 5.75 Å². The van der Waals surface area contributed by atoms with E-state index in [1.807, 2.05) is 0 Å². The number of phenols is 1. The number of hydrogen-bond donors (Lipinski definition) is 3. The Bertz CT molecular complexity index is 357. The van der Waals surface area contributed by atoms with E-state index in [4.69, 9.17) is 27.5 Å². The molecular formula is C9H11Cl2NO3. The third-order valence-electron chi connectivity index (χ3n) is 1.79. The summed E-state index contributed by atoms with van der Waals surface area (Å²) in [6.45, 7) is 0. The van der Waals surface area contributed by atoms with Gasteiger partial charge in [0.2, 0.25) is 0 Å². The first-order valence-electron chi connectivity index (χ1n) is 3.96. The number of nitrogens with two attached hydrogens (primary N) is 1. The molecule has 4 N–H and O–H groups in total. The normalized spacial score (nSPS) is 11.6. The molecule has 0 saturated carbocycles. The first kappa shape index (κ1) is 14.0. The van der Waals surface area contributed by atoms with Gasteiger partial charge in [0.1, 0.15) is 11.8 Å². The van der Waals surface area contributed by atoms with Crippen LogP contribution in [0.3, 0.4) is 0 Å². The third kappa shape index (κ3) is 3.95. The minimum absolute atomic E-state index is 0. The third-order valence-corrected chi connectivity index (χ3v) is 2.16. The van der Waals surface area contributed by atoms with Crippen LogP contribution >= 0.6 is 24.0 Å². The topological polar surface area (TPSA) is 83.5 Å². The van der Waals surface area contributed by atoms with Gasteiger partial charge in [-0.2, -0.15) is 0 Å². The van der Waals surface area contributed by atoms with Crippen molar-refractivity contribution in [2.45, 2.75) is 12.5 Å². The van der Waals surface area contributed by atoms with Gasteiger partial charge in [0.05, 0.1) is 0 Å². The number of carbonyl (C=O) groups is 1. The Balaban J connectivity index is 0.00000196. The van der Waals surface area contributed by atoms with Gasteiger partial charge < -0.3 is 15.9 Å². The fourth-order valence-corrected chi connectivity index (χ4v) is 1.24. The lowest BCUT2D eigenvalue weighted by Gasteiger charge is -2.08. The lowest BCUT2D eigenvalue weighted by molar-refractivity contribution is -0.138. The van der Waals surface area contributed by atoms with Crippen LogP contribution in [0.25, 0.3) is 0 Å². The molecule has 1 aromatic carbocycles. The van der Waals surface area contributed by atoms with E-state index in [0.29, 0.717) is 10.6 Å². The Labute approximate surface area is 98.1 Å². The number of rotatable bonds is 3. The van der Waals surface area contributed by atoms with Gasteiger partial charge in [-0.15, -0.1) is 12.4 Å². The first-order chi connectivity index (χ1) is 6.50. The van der Waals surface area contributed by atoms with Gasteiger partial charge in [-0.1, -0.05) is 11.6 Å². The number of aliphatic carboxylic acids is 1. The molecule has 1 aromatic rings. The highest BCUT2D eigenvalue weighted by molar-refractivity contribution is 6.31. The summed E-state index contributed by atoms with van der Waals surface area (Å²) in [6.07, 6.45) is 0.0998. The highest BCUT2D eigenvalue weighted by Gasteiger charge is 2.14. The average molecular weight is 252 g/mol. The van der Waals surface area contributed by atoms with Crippen LogP contribution in [0.1, 0.15) is 5.56 Å². The number of benzene rings is 1. The minimum atomic E-state index is -1.09. The highest BCUT2D eigenvalue weighted by atomic mass is 35.5. The second-order valence-electron chi connectivity index (χ2n) is 2.92. The second-order valence-corrected chi connectivity index (χ2v) is 3.33. The molecule has 1 atom stereocenters. The fourth-order valence-electron chi connectivity index (χ4n) is 1.04. The Kier molecular flexibility index (Phi) is 5.43. The molecule has 0 unspecified atom stereocenters. The Morgan fingerprint density at radius 1 is 1.53 bits per heavy atom. The Hall–Kier alpha value is -0.970. The largest absolute Gasteiger partial charge is 0.508 e. The van der Waals surface area contributed by atoms with Gasteiger partial charge in [0.25, 0.3) is 0 Å². The van der Waals surface area contributed by atoms with Gasteiger partial charge in [-0.25, -0.2) is 0 Å². The maximum atomic E-state index is 10.5. The molecule has 0 aliphatic carbocycles. The molecule has 0 spiro atoms. The molecule has 0 radical (unpaired) electrons. The van der Waals surface area contributed by atoms with E-state index in [1.165, 1.54) is 18.2 Å². The van der Waals surface area contributed by atoms with E-state index in [2.05, 4.69) is 0 Å². The van der Waals surface area contributed by atoms with Crippen LogP contribution in [0.15, 0.2) is 18.2 Å². The molecule has 6 heteroatoms. The van der Waals surface area contributed by atoms with Gasteiger partial charge in [-0.05, 0) is 30.2 Å². The molecule has 1 rings (SSSR count). The van der Waals surface area contributed by atoms with E-state index in [1.54, 1.807) is 0 Å². The molecule has 0 saturated heterocycles.